The highest BCUT2D eigenvalue weighted by Gasteiger charge is 2.20. The number of aliphatic hydroxyl groups is 1. The van der Waals surface area contributed by atoms with E-state index in [2.05, 4.69) is 5.32 Å². The standard InChI is InChI=1S/C16H24N2O2/c17-14-5-1-3-12(9-14)7-8-16(20)18-11-13-4-2-6-15(19)10-13/h1,3,5,9,13,15,19H,2,4,6-8,10-11,17H2,(H,18,20). The molecule has 0 heterocycles. The fourth-order valence-corrected chi connectivity index (χ4v) is 2.80. The molecule has 2 atom stereocenters. The minimum Gasteiger partial charge on any atom is -0.399 e. The highest BCUT2D eigenvalue weighted by Crippen LogP contribution is 2.23. The van der Waals surface area contributed by atoms with E-state index in [4.69, 9.17) is 5.73 Å². The maximum Gasteiger partial charge on any atom is 0.220 e. The van der Waals surface area contributed by atoms with Gasteiger partial charge in [0.2, 0.25) is 5.91 Å². The third-order valence-corrected chi connectivity index (χ3v) is 3.93. The number of aryl methyl sites for hydroxylation is 1. The van der Waals surface area contributed by atoms with E-state index in [1.807, 2.05) is 24.3 Å². The van der Waals surface area contributed by atoms with Gasteiger partial charge in [0, 0.05) is 18.7 Å². The van der Waals surface area contributed by atoms with Crippen molar-refractivity contribution in [3.8, 4) is 0 Å². The molecule has 1 aliphatic carbocycles. The van der Waals surface area contributed by atoms with Crippen LogP contribution in [0.5, 0.6) is 0 Å². The van der Waals surface area contributed by atoms with Crippen LogP contribution >= 0.6 is 0 Å². The minimum absolute atomic E-state index is 0.0764. The van der Waals surface area contributed by atoms with Gasteiger partial charge in [0.1, 0.15) is 0 Å². The third-order valence-electron chi connectivity index (χ3n) is 3.93. The first-order valence-corrected chi connectivity index (χ1v) is 7.42. The third kappa shape index (κ3) is 4.85. The van der Waals surface area contributed by atoms with E-state index in [9.17, 15) is 9.90 Å². The molecule has 1 aromatic rings. The summed E-state index contributed by atoms with van der Waals surface area (Å²) in [4.78, 5) is 11.8. The maximum absolute atomic E-state index is 11.8. The van der Waals surface area contributed by atoms with Gasteiger partial charge in [0.25, 0.3) is 0 Å². The molecular formula is C16H24N2O2. The van der Waals surface area contributed by atoms with E-state index < -0.39 is 0 Å². The van der Waals surface area contributed by atoms with Crippen LogP contribution in [0.4, 0.5) is 5.69 Å². The molecule has 4 nitrogen and oxygen atoms in total. The summed E-state index contributed by atoms with van der Waals surface area (Å²) in [5, 5.41) is 12.6. The molecule has 4 heteroatoms. The van der Waals surface area contributed by atoms with Crippen molar-refractivity contribution < 1.29 is 9.90 Å². The molecule has 110 valence electrons. The van der Waals surface area contributed by atoms with Gasteiger partial charge in [-0.25, -0.2) is 0 Å². The average Bonchev–Trinajstić information content (AvgIpc) is 2.43. The Morgan fingerprint density at radius 2 is 2.25 bits per heavy atom. The monoisotopic (exact) mass is 276 g/mol. The van der Waals surface area contributed by atoms with Crippen molar-refractivity contribution in [2.24, 2.45) is 5.92 Å². The number of nitrogens with one attached hydrogen (secondary N) is 1. The van der Waals surface area contributed by atoms with Crippen molar-refractivity contribution in [2.45, 2.75) is 44.6 Å². The van der Waals surface area contributed by atoms with Gasteiger partial charge in [-0.3, -0.25) is 4.79 Å². The number of amides is 1. The lowest BCUT2D eigenvalue weighted by Gasteiger charge is -2.25. The number of aliphatic hydroxyl groups excluding tert-OH is 1. The first-order valence-electron chi connectivity index (χ1n) is 7.42. The molecule has 1 aromatic carbocycles. The van der Waals surface area contributed by atoms with Gasteiger partial charge in [-0.2, -0.15) is 0 Å². The summed E-state index contributed by atoms with van der Waals surface area (Å²) in [5.74, 6) is 0.502. The summed E-state index contributed by atoms with van der Waals surface area (Å²) in [7, 11) is 0. The van der Waals surface area contributed by atoms with E-state index in [1.54, 1.807) is 0 Å². The van der Waals surface area contributed by atoms with Crippen LogP contribution in [0.3, 0.4) is 0 Å². The van der Waals surface area contributed by atoms with Crippen LogP contribution < -0.4 is 11.1 Å². The fourth-order valence-electron chi connectivity index (χ4n) is 2.80. The second-order valence-electron chi connectivity index (χ2n) is 5.74. The molecule has 0 spiro atoms. The second-order valence-corrected chi connectivity index (χ2v) is 5.74. The molecule has 0 aromatic heterocycles. The summed E-state index contributed by atoms with van der Waals surface area (Å²) in [6.07, 6.45) is 4.90. The molecule has 0 aliphatic heterocycles. The summed E-state index contributed by atoms with van der Waals surface area (Å²) < 4.78 is 0. The molecular weight excluding hydrogens is 252 g/mol. The first kappa shape index (κ1) is 14.9. The van der Waals surface area contributed by atoms with Gasteiger partial charge in [-0.05, 0) is 49.3 Å². The minimum atomic E-state index is -0.182. The van der Waals surface area contributed by atoms with Gasteiger partial charge in [0.15, 0.2) is 0 Å². The van der Waals surface area contributed by atoms with Crippen molar-refractivity contribution in [1.29, 1.82) is 0 Å². The van der Waals surface area contributed by atoms with E-state index in [1.165, 1.54) is 0 Å². The molecule has 0 saturated heterocycles. The van der Waals surface area contributed by atoms with Crippen LogP contribution in [0, 0.1) is 5.92 Å². The van der Waals surface area contributed by atoms with Gasteiger partial charge in [0.05, 0.1) is 6.10 Å². The summed E-state index contributed by atoms with van der Waals surface area (Å²) >= 11 is 0. The average molecular weight is 276 g/mol. The molecule has 4 N–H and O–H groups in total. The zero-order valence-corrected chi connectivity index (χ0v) is 11.8. The Bertz CT molecular complexity index is 448. The van der Waals surface area contributed by atoms with Crippen LogP contribution in [0.1, 0.15) is 37.7 Å². The highest BCUT2D eigenvalue weighted by atomic mass is 16.3. The van der Waals surface area contributed by atoms with Crippen LogP contribution in [0.15, 0.2) is 24.3 Å². The lowest BCUT2D eigenvalue weighted by Crippen LogP contribution is -2.33. The van der Waals surface area contributed by atoms with Crippen molar-refractivity contribution in [3.05, 3.63) is 29.8 Å². The van der Waals surface area contributed by atoms with Crippen molar-refractivity contribution in [3.63, 3.8) is 0 Å². The number of carbonyl (C=O) groups is 1. The number of nitrogens with two attached hydrogens (primary N) is 1. The largest absolute Gasteiger partial charge is 0.399 e. The Balaban J connectivity index is 1.67. The number of carbonyl (C=O) groups excluding carboxylic acids is 1. The summed E-state index contributed by atoms with van der Waals surface area (Å²) in [6.45, 7) is 0.687. The Morgan fingerprint density at radius 1 is 1.40 bits per heavy atom. The molecule has 1 fully saturated rings. The van der Waals surface area contributed by atoms with E-state index >= 15 is 0 Å². The number of anilines is 1. The van der Waals surface area contributed by atoms with Crippen LogP contribution in [-0.2, 0) is 11.2 Å². The van der Waals surface area contributed by atoms with E-state index in [0.29, 0.717) is 25.3 Å². The Morgan fingerprint density at radius 3 is 3.00 bits per heavy atom. The lowest BCUT2D eigenvalue weighted by atomic mass is 9.87. The van der Waals surface area contributed by atoms with Gasteiger partial charge >= 0.3 is 0 Å². The van der Waals surface area contributed by atoms with E-state index in [0.717, 1.165) is 36.9 Å². The zero-order valence-electron chi connectivity index (χ0n) is 11.8. The summed E-state index contributed by atoms with van der Waals surface area (Å²) in [5.41, 5.74) is 7.54. The van der Waals surface area contributed by atoms with Gasteiger partial charge in [-0.15, -0.1) is 0 Å². The fraction of sp³-hybridized carbons (Fsp3) is 0.562. The number of benzene rings is 1. The zero-order chi connectivity index (χ0) is 14.4. The molecule has 2 unspecified atom stereocenters. The lowest BCUT2D eigenvalue weighted by molar-refractivity contribution is -0.121. The molecule has 0 radical (unpaired) electrons. The molecule has 20 heavy (non-hydrogen) atoms. The quantitative estimate of drug-likeness (QED) is 0.719. The molecule has 2 rings (SSSR count). The molecule has 0 bridgehead atoms. The predicted octanol–water partition coefficient (Wildman–Crippen LogP) is 1.87. The molecule has 1 saturated carbocycles. The second kappa shape index (κ2) is 7.29. The Kier molecular flexibility index (Phi) is 5.41. The van der Waals surface area contributed by atoms with Gasteiger partial charge in [-0.1, -0.05) is 18.6 Å². The number of hydrogen-bond donors (Lipinski definition) is 3. The topological polar surface area (TPSA) is 75.4 Å². The normalized spacial score (nSPS) is 22.4. The van der Waals surface area contributed by atoms with Crippen LogP contribution in [0.25, 0.3) is 0 Å². The Labute approximate surface area is 120 Å². The van der Waals surface area contributed by atoms with Gasteiger partial charge < -0.3 is 16.2 Å². The SMILES string of the molecule is Nc1cccc(CCC(=O)NCC2CCCC(O)C2)c1. The maximum atomic E-state index is 11.8. The highest BCUT2D eigenvalue weighted by molar-refractivity contribution is 5.76. The first-order chi connectivity index (χ1) is 9.63. The predicted molar refractivity (Wildman–Crippen MR) is 80.1 cm³/mol. The number of hydrogen-bond acceptors (Lipinski definition) is 3. The van der Waals surface area contributed by atoms with Crippen LogP contribution in [-0.4, -0.2) is 23.7 Å². The smallest absolute Gasteiger partial charge is 0.220 e. The van der Waals surface area contributed by atoms with Crippen LogP contribution in [0.2, 0.25) is 0 Å². The van der Waals surface area contributed by atoms with Crippen molar-refractivity contribution in [2.75, 3.05) is 12.3 Å². The van der Waals surface area contributed by atoms with Crippen molar-refractivity contribution in [1.82, 2.24) is 5.32 Å². The van der Waals surface area contributed by atoms with E-state index in [-0.39, 0.29) is 12.0 Å². The van der Waals surface area contributed by atoms with Crippen molar-refractivity contribution >= 4 is 11.6 Å². The number of rotatable bonds is 5. The summed E-state index contributed by atoms with van der Waals surface area (Å²) in [6, 6.07) is 7.65. The Hall–Kier alpha value is -1.55. The molecule has 1 aliphatic rings. The molecule has 1 amide bonds. The number of nitrogen functional groups attached to an aromatic ring is 1.